The van der Waals surface area contributed by atoms with E-state index in [2.05, 4.69) is 5.43 Å². The van der Waals surface area contributed by atoms with Gasteiger partial charge in [-0.15, -0.1) is 0 Å². The summed E-state index contributed by atoms with van der Waals surface area (Å²) in [6.45, 7) is 5.82. The van der Waals surface area contributed by atoms with Crippen LogP contribution in [0.5, 0.6) is 0 Å². The average Bonchev–Trinajstić information content (AvgIpc) is 2.51. The van der Waals surface area contributed by atoms with Gasteiger partial charge in [0.15, 0.2) is 0 Å². The normalized spacial score (nSPS) is 16.6. The van der Waals surface area contributed by atoms with E-state index in [1.807, 2.05) is 20.8 Å². The molecule has 138 valence electrons. The highest BCUT2D eigenvalue weighted by atomic mass is 35.5. The molecule has 1 saturated carbocycles. The SMILES string of the molecule is CC(C)(C)N(NC(=O)c1ccc(Cl)cc1)C(=O)C1CCCCCCC1. The lowest BCUT2D eigenvalue weighted by Crippen LogP contribution is -2.57. The van der Waals surface area contributed by atoms with Crippen LogP contribution in [0.3, 0.4) is 0 Å². The molecule has 1 aliphatic rings. The van der Waals surface area contributed by atoms with E-state index in [1.165, 1.54) is 24.3 Å². The van der Waals surface area contributed by atoms with Crippen molar-refractivity contribution < 1.29 is 9.59 Å². The first-order valence-corrected chi connectivity index (χ1v) is 9.57. The number of carbonyl (C=O) groups is 2. The highest BCUT2D eigenvalue weighted by Crippen LogP contribution is 2.26. The Bertz CT molecular complexity index is 585. The molecule has 2 rings (SSSR count). The number of halogens is 1. The van der Waals surface area contributed by atoms with Gasteiger partial charge in [-0.1, -0.05) is 43.7 Å². The number of hydrogen-bond donors (Lipinski definition) is 1. The van der Waals surface area contributed by atoms with E-state index < -0.39 is 5.54 Å². The Labute approximate surface area is 155 Å². The Morgan fingerprint density at radius 2 is 1.52 bits per heavy atom. The molecule has 25 heavy (non-hydrogen) atoms. The molecule has 1 fully saturated rings. The van der Waals surface area contributed by atoms with E-state index in [-0.39, 0.29) is 17.7 Å². The highest BCUT2D eigenvalue weighted by Gasteiger charge is 2.33. The third-order valence-corrected chi connectivity index (χ3v) is 4.92. The number of benzene rings is 1. The van der Waals surface area contributed by atoms with Gasteiger partial charge in [0.25, 0.3) is 5.91 Å². The molecule has 1 aliphatic carbocycles. The van der Waals surface area contributed by atoms with E-state index in [9.17, 15) is 9.59 Å². The highest BCUT2D eigenvalue weighted by molar-refractivity contribution is 6.30. The van der Waals surface area contributed by atoms with Crippen LogP contribution in [0.15, 0.2) is 24.3 Å². The molecule has 2 amide bonds. The lowest BCUT2D eigenvalue weighted by Gasteiger charge is -2.38. The Morgan fingerprint density at radius 1 is 1.00 bits per heavy atom. The van der Waals surface area contributed by atoms with Gasteiger partial charge in [0.05, 0.1) is 5.54 Å². The molecule has 0 radical (unpaired) electrons. The van der Waals surface area contributed by atoms with E-state index in [0.29, 0.717) is 10.6 Å². The van der Waals surface area contributed by atoms with E-state index in [0.717, 1.165) is 25.7 Å². The molecular formula is C20H29ClN2O2. The van der Waals surface area contributed by atoms with Gasteiger partial charge in [0.1, 0.15) is 0 Å². The number of amides is 2. The summed E-state index contributed by atoms with van der Waals surface area (Å²) in [5.74, 6) is -0.271. The topological polar surface area (TPSA) is 49.4 Å². The first kappa shape index (κ1) is 19.8. The molecule has 1 aromatic rings. The Balaban J connectivity index is 2.13. The lowest BCUT2D eigenvalue weighted by atomic mass is 9.89. The summed E-state index contributed by atoms with van der Waals surface area (Å²) in [5.41, 5.74) is 2.83. The molecule has 4 nitrogen and oxygen atoms in total. The van der Waals surface area contributed by atoms with Gasteiger partial charge in [-0.05, 0) is 57.9 Å². The second-order valence-electron chi connectivity index (χ2n) is 7.83. The molecule has 0 spiro atoms. The van der Waals surface area contributed by atoms with Crippen LogP contribution in [-0.2, 0) is 4.79 Å². The molecule has 1 aromatic carbocycles. The summed E-state index contributed by atoms with van der Waals surface area (Å²) in [6, 6.07) is 6.68. The average molecular weight is 365 g/mol. The van der Waals surface area contributed by atoms with E-state index >= 15 is 0 Å². The maximum absolute atomic E-state index is 13.1. The summed E-state index contributed by atoms with van der Waals surface area (Å²) in [4.78, 5) is 25.7. The molecule has 0 heterocycles. The molecule has 0 aliphatic heterocycles. The minimum Gasteiger partial charge on any atom is -0.273 e. The van der Waals surface area contributed by atoms with Crippen molar-refractivity contribution >= 4 is 23.4 Å². The van der Waals surface area contributed by atoms with Crippen LogP contribution in [0.1, 0.15) is 76.1 Å². The van der Waals surface area contributed by atoms with E-state index in [1.54, 1.807) is 24.3 Å². The molecule has 0 saturated heterocycles. The zero-order valence-electron chi connectivity index (χ0n) is 15.5. The van der Waals surface area contributed by atoms with Crippen molar-refractivity contribution in [2.24, 2.45) is 5.92 Å². The van der Waals surface area contributed by atoms with Gasteiger partial charge >= 0.3 is 0 Å². The van der Waals surface area contributed by atoms with Crippen molar-refractivity contribution in [3.05, 3.63) is 34.9 Å². The third kappa shape index (κ3) is 5.74. The summed E-state index contributed by atoms with van der Waals surface area (Å²) in [6.07, 6.45) is 7.62. The van der Waals surface area contributed by atoms with Gasteiger partial charge in [-0.2, -0.15) is 0 Å². The Kier molecular flexibility index (Phi) is 6.88. The maximum Gasteiger partial charge on any atom is 0.269 e. The van der Waals surface area contributed by atoms with Crippen LogP contribution in [-0.4, -0.2) is 22.4 Å². The summed E-state index contributed by atoms with van der Waals surface area (Å²) in [5, 5.41) is 2.10. The fraction of sp³-hybridized carbons (Fsp3) is 0.600. The quantitative estimate of drug-likeness (QED) is 0.753. The van der Waals surface area contributed by atoms with Crippen LogP contribution in [0.4, 0.5) is 0 Å². The monoisotopic (exact) mass is 364 g/mol. The summed E-state index contributed by atoms with van der Waals surface area (Å²) < 4.78 is 0. The molecule has 0 bridgehead atoms. The summed E-state index contributed by atoms with van der Waals surface area (Å²) in [7, 11) is 0. The smallest absolute Gasteiger partial charge is 0.269 e. The number of nitrogens with one attached hydrogen (secondary N) is 1. The van der Waals surface area contributed by atoms with Gasteiger partial charge in [-0.3, -0.25) is 15.0 Å². The minimum absolute atomic E-state index is 0.00922. The first-order chi connectivity index (χ1) is 11.8. The van der Waals surface area contributed by atoms with Gasteiger partial charge < -0.3 is 0 Å². The van der Waals surface area contributed by atoms with E-state index in [4.69, 9.17) is 11.6 Å². The fourth-order valence-electron chi connectivity index (χ4n) is 3.21. The number of nitrogens with zero attached hydrogens (tertiary/aromatic N) is 1. The fourth-order valence-corrected chi connectivity index (χ4v) is 3.33. The lowest BCUT2D eigenvalue weighted by molar-refractivity contribution is -0.144. The molecule has 0 aromatic heterocycles. The van der Waals surface area contributed by atoms with Crippen LogP contribution < -0.4 is 5.43 Å². The van der Waals surface area contributed by atoms with Crippen LogP contribution >= 0.6 is 11.6 Å². The standard InChI is InChI=1S/C20H29ClN2O2/c1-20(2,3)23(19(25)16-9-7-5-4-6-8-10-16)22-18(24)15-11-13-17(21)14-12-15/h11-14,16H,4-10H2,1-3H3,(H,22,24). The first-order valence-electron chi connectivity index (χ1n) is 9.19. The molecule has 1 N–H and O–H groups in total. The van der Waals surface area contributed by atoms with Crippen LogP contribution in [0.2, 0.25) is 5.02 Å². The second-order valence-corrected chi connectivity index (χ2v) is 8.27. The molecule has 0 unspecified atom stereocenters. The molecule has 5 heteroatoms. The van der Waals surface area contributed by atoms with Crippen molar-refractivity contribution in [3.63, 3.8) is 0 Å². The Hall–Kier alpha value is -1.55. The van der Waals surface area contributed by atoms with Gasteiger partial charge in [0, 0.05) is 16.5 Å². The number of hydrazine groups is 1. The number of rotatable bonds is 2. The third-order valence-electron chi connectivity index (χ3n) is 4.67. The largest absolute Gasteiger partial charge is 0.273 e. The molecular weight excluding hydrogens is 336 g/mol. The second kappa shape index (κ2) is 8.70. The van der Waals surface area contributed by atoms with Crippen LogP contribution in [0, 0.1) is 5.92 Å². The zero-order chi connectivity index (χ0) is 18.4. The molecule has 0 atom stereocenters. The van der Waals surface area contributed by atoms with Crippen molar-refractivity contribution in [2.45, 2.75) is 71.3 Å². The number of hydrogen-bond acceptors (Lipinski definition) is 2. The number of carbonyl (C=O) groups excluding carboxylic acids is 2. The minimum atomic E-state index is -0.485. The van der Waals surface area contributed by atoms with Crippen molar-refractivity contribution in [1.29, 1.82) is 0 Å². The van der Waals surface area contributed by atoms with Crippen molar-refractivity contribution in [3.8, 4) is 0 Å². The van der Waals surface area contributed by atoms with Crippen molar-refractivity contribution in [1.82, 2.24) is 10.4 Å². The van der Waals surface area contributed by atoms with Crippen molar-refractivity contribution in [2.75, 3.05) is 0 Å². The summed E-state index contributed by atoms with van der Waals surface area (Å²) >= 11 is 5.88. The predicted molar refractivity (Wildman–Crippen MR) is 101 cm³/mol. The van der Waals surface area contributed by atoms with Crippen LogP contribution in [0.25, 0.3) is 0 Å². The predicted octanol–water partition coefficient (Wildman–Crippen LogP) is 4.97. The zero-order valence-corrected chi connectivity index (χ0v) is 16.2. The maximum atomic E-state index is 13.1. The van der Waals surface area contributed by atoms with Gasteiger partial charge in [-0.25, -0.2) is 5.01 Å². The Morgan fingerprint density at radius 3 is 2.04 bits per heavy atom. The van der Waals surface area contributed by atoms with Gasteiger partial charge in [0.2, 0.25) is 5.91 Å².